The average Bonchev–Trinajstić information content (AvgIpc) is 4.09. The molecule has 5 aromatic rings. The molecule has 21 nitrogen and oxygen atoms in total. The van der Waals surface area contributed by atoms with Gasteiger partial charge < -0.3 is 45.9 Å². The van der Waals surface area contributed by atoms with Crippen LogP contribution >= 0.6 is 0 Å². The number of amides is 8. The van der Waals surface area contributed by atoms with Gasteiger partial charge in [0.1, 0.15) is 31.8 Å². The Hall–Kier alpha value is -8.92. The van der Waals surface area contributed by atoms with Crippen molar-refractivity contribution >= 4 is 69.8 Å². The fourth-order valence-corrected chi connectivity index (χ4v) is 10.3. The summed E-state index contributed by atoms with van der Waals surface area (Å²) in [5.41, 5.74) is 3.27. The summed E-state index contributed by atoms with van der Waals surface area (Å²) in [6, 6.07) is 16.4. The summed E-state index contributed by atoms with van der Waals surface area (Å²) in [6.45, 7) is 4.53. The van der Waals surface area contributed by atoms with Gasteiger partial charge in [0.2, 0.25) is 29.5 Å². The number of imide groups is 1. The predicted molar refractivity (Wildman–Crippen MR) is 274 cm³/mol. The topological polar surface area (TPSA) is 282 Å². The Bertz CT molecular complexity index is 3430. The number of aromatic nitrogens is 2. The molecule has 3 atom stereocenters. The number of anilines is 1. The molecule has 1 aliphatic carbocycles. The highest BCUT2D eigenvalue weighted by Gasteiger charge is 2.45. The second kappa shape index (κ2) is 21.4. The highest BCUT2D eigenvalue weighted by Crippen LogP contribution is 2.48. The number of fused-ring (bicyclic) bond motifs is 5. The molecular formula is C55H54FN9O12. The smallest absolute Gasteiger partial charge is 0.316 e. The number of nitrogens with one attached hydrogen (secondary N) is 6. The van der Waals surface area contributed by atoms with E-state index in [0.717, 1.165) is 22.6 Å². The number of hydrogen-bond acceptors (Lipinski definition) is 13. The van der Waals surface area contributed by atoms with Crippen LogP contribution in [-0.4, -0.2) is 102 Å². The number of hydrogen-bond donors (Lipinski definition) is 6. The number of pyridine rings is 2. The molecule has 0 fully saturated rings. The Labute approximate surface area is 439 Å². The van der Waals surface area contributed by atoms with Crippen LogP contribution in [-0.2, 0) is 84.8 Å². The van der Waals surface area contributed by atoms with Crippen LogP contribution in [0, 0.1) is 12.7 Å². The number of ether oxygens (including phenoxy) is 2. The largest absolute Gasteiger partial charge is 0.460 e. The third-order valence-corrected chi connectivity index (χ3v) is 14.6. The number of cyclic esters (lactones) is 1. The van der Waals surface area contributed by atoms with Crippen molar-refractivity contribution in [3.63, 3.8) is 0 Å². The maximum atomic E-state index is 15.5. The average molecular weight is 1050 g/mol. The van der Waals surface area contributed by atoms with Gasteiger partial charge in [0.25, 0.3) is 23.3 Å². The molecule has 6 N–H and O–H groups in total. The van der Waals surface area contributed by atoms with Gasteiger partial charge in [-0.2, -0.15) is 0 Å². The Balaban J connectivity index is 0.780. The van der Waals surface area contributed by atoms with E-state index in [1.54, 1.807) is 48.7 Å². The lowest BCUT2D eigenvalue weighted by Crippen LogP contribution is -2.52. The fraction of sp³-hybridized carbons (Fsp3) is 0.327. The summed E-state index contributed by atoms with van der Waals surface area (Å²) >= 11 is 0. The molecule has 4 aliphatic rings. The monoisotopic (exact) mass is 1050 g/mol. The lowest BCUT2D eigenvalue weighted by atomic mass is 9.74. The fourth-order valence-electron chi connectivity index (χ4n) is 10.3. The van der Waals surface area contributed by atoms with Gasteiger partial charge in [-0.1, -0.05) is 43.3 Å². The lowest BCUT2D eigenvalue weighted by Gasteiger charge is -2.38. The van der Waals surface area contributed by atoms with E-state index in [0.29, 0.717) is 74.9 Å². The molecule has 9 rings (SSSR count). The van der Waals surface area contributed by atoms with Crippen LogP contribution in [0.2, 0.25) is 0 Å². The van der Waals surface area contributed by atoms with Gasteiger partial charge >= 0.3 is 5.97 Å². The number of carbonyl (C=O) groups is 9. The first-order valence-corrected chi connectivity index (χ1v) is 24.9. The summed E-state index contributed by atoms with van der Waals surface area (Å²) in [5, 5.41) is 16.1. The molecule has 77 heavy (non-hydrogen) atoms. The molecule has 5 heterocycles. The normalized spacial score (nSPS) is 18.1. The molecule has 2 aromatic heterocycles. The van der Waals surface area contributed by atoms with Crippen molar-refractivity contribution < 1.29 is 57.0 Å². The molecule has 3 aromatic carbocycles. The summed E-state index contributed by atoms with van der Waals surface area (Å²) in [4.78, 5) is 136. The molecule has 0 saturated heterocycles. The van der Waals surface area contributed by atoms with Crippen molar-refractivity contribution in [1.82, 2.24) is 41.5 Å². The summed E-state index contributed by atoms with van der Waals surface area (Å²) in [7, 11) is 0. The third kappa shape index (κ3) is 10.4. The Kier molecular flexibility index (Phi) is 14.7. The van der Waals surface area contributed by atoms with Crippen molar-refractivity contribution in [1.29, 1.82) is 0 Å². The SMILES string of the molecule is CC[C@@]1(C)C(=O)OCc2c1cc1n(c2=O)Cc2c-1nc1cc(F)c(C)c3c1c2[C@@](C)(NC(=O)COCNC(=O)CNC(=O)[C@H](Cc1ccccc1)NC(=O)CNC(=O)CNC(=O)c1cccc(N2C(=O)C=CC2=O)c1)CC3. The molecule has 398 valence electrons. The van der Waals surface area contributed by atoms with Crippen LogP contribution in [0.25, 0.3) is 22.3 Å². The number of aryl methyl sites for hydroxylation is 1. The van der Waals surface area contributed by atoms with Crippen LogP contribution in [0.1, 0.15) is 82.9 Å². The molecular weight excluding hydrogens is 998 g/mol. The van der Waals surface area contributed by atoms with Crippen molar-refractivity contribution in [2.75, 3.05) is 37.9 Å². The maximum absolute atomic E-state index is 15.5. The van der Waals surface area contributed by atoms with Crippen LogP contribution < -0.4 is 42.4 Å². The van der Waals surface area contributed by atoms with Gasteiger partial charge in [-0.3, -0.25) is 47.9 Å². The molecule has 22 heteroatoms. The first-order valence-electron chi connectivity index (χ1n) is 24.9. The quantitative estimate of drug-likeness (QED) is 0.0310. The molecule has 0 unspecified atom stereocenters. The summed E-state index contributed by atoms with van der Waals surface area (Å²) in [6.07, 6.45) is 3.38. The Morgan fingerprint density at radius 2 is 1.53 bits per heavy atom. The first kappa shape index (κ1) is 52.9. The number of carbonyl (C=O) groups excluding carboxylic acids is 9. The maximum Gasteiger partial charge on any atom is 0.316 e. The van der Waals surface area contributed by atoms with Gasteiger partial charge in [0.05, 0.1) is 65.3 Å². The molecule has 8 amide bonds. The number of halogens is 1. The Morgan fingerprint density at radius 3 is 2.27 bits per heavy atom. The number of benzene rings is 3. The molecule has 3 aliphatic heterocycles. The van der Waals surface area contributed by atoms with E-state index in [4.69, 9.17) is 14.5 Å². The van der Waals surface area contributed by atoms with Crippen LogP contribution in [0.4, 0.5) is 10.1 Å². The van der Waals surface area contributed by atoms with Gasteiger partial charge in [-0.15, -0.1) is 0 Å². The minimum absolute atomic E-state index is 0.0180. The van der Waals surface area contributed by atoms with E-state index < -0.39 is 109 Å². The first-order chi connectivity index (χ1) is 36.8. The summed E-state index contributed by atoms with van der Waals surface area (Å²) in [5.74, 6) is -6.11. The zero-order valence-corrected chi connectivity index (χ0v) is 42.5. The van der Waals surface area contributed by atoms with E-state index in [1.165, 1.54) is 30.3 Å². The standard InChI is InChI=1S/C55H54FN9O12/c1-5-54(3)36-20-40-49-34(25-64(40)52(74)35(36)26-77-53(54)75)48-47-33(29(2)37(56)21-38(47)62-49)16-17-55(48,4)63-44(69)27-76-28-60-42(67)23-59-51(73)39(18-30-10-7-6-8-11-30)61-43(68)24-57-41(66)22-58-50(72)31-12-9-13-32(19-31)65-45(70)14-15-46(65)71/h6-15,19-21,39H,5,16-18,22-28H2,1-4H3,(H,57,66)(H,58,72)(H,59,73)(H,60,67)(H,61,68)(H,63,69)/t39-,54+,55-/m0/s1. The van der Waals surface area contributed by atoms with Crippen molar-refractivity contribution in [2.24, 2.45) is 0 Å². The second-order valence-corrected chi connectivity index (χ2v) is 19.6. The van der Waals surface area contributed by atoms with Crippen molar-refractivity contribution in [2.45, 2.75) is 83.5 Å². The predicted octanol–water partition coefficient (Wildman–Crippen LogP) is 1.78. The zero-order valence-electron chi connectivity index (χ0n) is 42.5. The third-order valence-electron chi connectivity index (χ3n) is 14.6. The van der Waals surface area contributed by atoms with E-state index in [9.17, 15) is 47.9 Å². The van der Waals surface area contributed by atoms with Crippen LogP contribution in [0.3, 0.4) is 0 Å². The highest BCUT2D eigenvalue weighted by molar-refractivity contribution is 6.28. The van der Waals surface area contributed by atoms with Crippen LogP contribution in [0.5, 0.6) is 0 Å². The molecule has 0 saturated carbocycles. The van der Waals surface area contributed by atoms with Crippen molar-refractivity contribution in [3.05, 3.63) is 140 Å². The minimum atomic E-state index is -1.19. The van der Waals surface area contributed by atoms with Gasteiger partial charge in [0, 0.05) is 41.2 Å². The summed E-state index contributed by atoms with van der Waals surface area (Å²) < 4.78 is 28.1. The highest BCUT2D eigenvalue weighted by atomic mass is 19.1. The van der Waals surface area contributed by atoms with E-state index in [2.05, 4.69) is 31.9 Å². The number of nitrogens with zero attached hydrogens (tertiary/aromatic N) is 3. The number of rotatable bonds is 18. The van der Waals surface area contributed by atoms with Gasteiger partial charge in [-0.25, -0.2) is 14.3 Å². The zero-order chi connectivity index (χ0) is 54.9. The minimum Gasteiger partial charge on any atom is -0.460 e. The van der Waals surface area contributed by atoms with E-state index in [-0.39, 0.29) is 36.4 Å². The molecule has 0 bridgehead atoms. The van der Waals surface area contributed by atoms with E-state index >= 15 is 4.39 Å². The Morgan fingerprint density at radius 1 is 0.818 bits per heavy atom. The lowest BCUT2D eigenvalue weighted by molar-refractivity contribution is -0.153. The van der Waals surface area contributed by atoms with Crippen molar-refractivity contribution in [3.8, 4) is 11.4 Å². The second-order valence-electron chi connectivity index (χ2n) is 19.6. The molecule has 0 spiro atoms. The van der Waals surface area contributed by atoms with Crippen LogP contribution in [0.15, 0.2) is 83.7 Å². The van der Waals surface area contributed by atoms with Gasteiger partial charge in [-0.05, 0) is 92.1 Å². The van der Waals surface area contributed by atoms with E-state index in [1.807, 2.05) is 19.9 Å². The van der Waals surface area contributed by atoms with Gasteiger partial charge in [0.15, 0.2) is 0 Å². The molecule has 0 radical (unpaired) electrons. The number of esters is 1.